The first-order chi connectivity index (χ1) is 8.26. The molecule has 0 radical (unpaired) electrons. The minimum Gasteiger partial charge on any atom is -0.463 e. The Morgan fingerprint density at radius 1 is 1.17 bits per heavy atom. The smallest absolute Gasteiger partial charge is 0.392 e. The molecule has 0 fully saturated rings. The molecule has 1 rings (SSSR count). The van der Waals surface area contributed by atoms with Crippen molar-refractivity contribution in [3.8, 4) is 12.0 Å². The van der Waals surface area contributed by atoms with Crippen LogP contribution in [0.4, 0.5) is 13.2 Å². The van der Waals surface area contributed by atoms with E-state index in [-0.39, 0.29) is 23.4 Å². The first kappa shape index (κ1) is 14.7. The molecule has 0 spiro atoms. The molecule has 0 saturated carbocycles. The molecule has 102 valence electrons. The van der Waals surface area contributed by atoms with Gasteiger partial charge >= 0.3 is 18.2 Å². The zero-order valence-corrected chi connectivity index (χ0v) is 10.4. The molecule has 9 heteroatoms. The summed E-state index contributed by atoms with van der Waals surface area (Å²) in [5, 5.41) is -0.206. The van der Waals surface area contributed by atoms with Crippen molar-refractivity contribution in [1.29, 1.82) is 0 Å². The van der Waals surface area contributed by atoms with Crippen LogP contribution in [0.15, 0.2) is 0 Å². The SMILES string of the molecule is CC(C)Oc1nc(Cl)nc(OCCC(F)(F)F)n1. The molecule has 0 saturated heterocycles. The molecule has 0 aliphatic carbocycles. The lowest BCUT2D eigenvalue weighted by Gasteiger charge is -2.10. The summed E-state index contributed by atoms with van der Waals surface area (Å²) in [7, 11) is 0. The fraction of sp³-hybridized carbons (Fsp3) is 0.667. The molecule has 0 aliphatic rings. The molecule has 1 heterocycles. The second kappa shape index (κ2) is 6.03. The number of ether oxygens (including phenoxy) is 2. The van der Waals surface area contributed by atoms with Crippen LogP contribution in [0, 0.1) is 0 Å². The van der Waals surface area contributed by atoms with Crippen molar-refractivity contribution in [2.75, 3.05) is 6.61 Å². The minimum absolute atomic E-state index is 0.0907. The van der Waals surface area contributed by atoms with Gasteiger partial charge in [-0.3, -0.25) is 0 Å². The third kappa shape index (κ3) is 5.85. The normalized spacial score (nSPS) is 11.7. The zero-order chi connectivity index (χ0) is 13.8. The van der Waals surface area contributed by atoms with Gasteiger partial charge in [0.05, 0.1) is 12.5 Å². The average molecular weight is 286 g/mol. The van der Waals surface area contributed by atoms with E-state index in [1.165, 1.54) is 0 Å². The quantitative estimate of drug-likeness (QED) is 0.832. The van der Waals surface area contributed by atoms with Crippen LogP contribution in [0.1, 0.15) is 20.3 Å². The standard InChI is InChI=1S/C9H11ClF3N3O2/c1-5(2)18-8-15-6(10)14-7(16-8)17-4-3-9(11,12)13/h5H,3-4H2,1-2H3. The molecule has 0 atom stereocenters. The van der Waals surface area contributed by atoms with Crippen LogP contribution in [0.25, 0.3) is 0 Å². The van der Waals surface area contributed by atoms with Crippen molar-refractivity contribution in [3.63, 3.8) is 0 Å². The van der Waals surface area contributed by atoms with Crippen molar-refractivity contribution in [2.24, 2.45) is 0 Å². The molecular formula is C9H11ClF3N3O2. The summed E-state index contributed by atoms with van der Waals surface area (Å²) in [5.74, 6) is 0. The number of aromatic nitrogens is 3. The number of hydrogen-bond donors (Lipinski definition) is 0. The Bertz CT molecular complexity index is 401. The number of rotatable bonds is 5. The largest absolute Gasteiger partial charge is 0.463 e. The van der Waals surface area contributed by atoms with E-state index in [4.69, 9.17) is 21.1 Å². The van der Waals surface area contributed by atoms with Gasteiger partial charge in [0.2, 0.25) is 5.28 Å². The van der Waals surface area contributed by atoms with Gasteiger partial charge in [0.1, 0.15) is 6.61 Å². The number of alkyl halides is 3. The highest BCUT2D eigenvalue weighted by Crippen LogP contribution is 2.20. The maximum atomic E-state index is 11.9. The van der Waals surface area contributed by atoms with Crippen molar-refractivity contribution in [1.82, 2.24) is 15.0 Å². The Hall–Kier alpha value is -1.31. The highest BCUT2D eigenvalue weighted by Gasteiger charge is 2.27. The summed E-state index contributed by atoms with van der Waals surface area (Å²) in [6.07, 6.45) is -5.60. The van der Waals surface area contributed by atoms with Gasteiger partial charge in [-0.15, -0.1) is 4.98 Å². The lowest BCUT2D eigenvalue weighted by molar-refractivity contribution is -0.139. The second-order valence-corrected chi connectivity index (χ2v) is 3.89. The topological polar surface area (TPSA) is 57.1 Å². The molecule has 18 heavy (non-hydrogen) atoms. The van der Waals surface area contributed by atoms with Gasteiger partial charge in [-0.1, -0.05) is 0 Å². The van der Waals surface area contributed by atoms with E-state index in [9.17, 15) is 13.2 Å². The molecular weight excluding hydrogens is 275 g/mol. The van der Waals surface area contributed by atoms with Gasteiger partial charge in [0.15, 0.2) is 0 Å². The van der Waals surface area contributed by atoms with E-state index in [2.05, 4.69) is 15.0 Å². The maximum absolute atomic E-state index is 11.9. The Labute approximate surface area is 106 Å². The average Bonchev–Trinajstić information content (AvgIpc) is 2.12. The third-order valence-electron chi connectivity index (χ3n) is 1.52. The predicted octanol–water partition coefficient (Wildman–Crippen LogP) is 2.64. The van der Waals surface area contributed by atoms with E-state index in [0.717, 1.165) is 0 Å². The lowest BCUT2D eigenvalue weighted by Crippen LogP contribution is -2.15. The van der Waals surface area contributed by atoms with Crippen LogP contribution in [0.5, 0.6) is 12.0 Å². The Kier molecular flexibility index (Phi) is 4.94. The van der Waals surface area contributed by atoms with Crippen LogP contribution in [-0.2, 0) is 0 Å². The van der Waals surface area contributed by atoms with E-state index in [0.29, 0.717) is 0 Å². The Morgan fingerprint density at radius 2 is 1.78 bits per heavy atom. The van der Waals surface area contributed by atoms with Crippen LogP contribution in [0.2, 0.25) is 5.28 Å². The van der Waals surface area contributed by atoms with Gasteiger partial charge in [0.25, 0.3) is 0 Å². The Morgan fingerprint density at radius 3 is 2.33 bits per heavy atom. The minimum atomic E-state index is -4.30. The molecule has 5 nitrogen and oxygen atoms in total. The Balaban J connectivity index is 2.62. The number of nitrogens with zero attached hydrogens (tertiary/aromatic N) is 3. The van der Waals surface area contributed by atoms with E-state index in [1.54, 1.807) is 13.8 Å². The van der Waals surface area contributed by atoms with E-state index < -0.39 is 19.2 Å². The second-order valence-electron chi connectivity index (χ2n) is 3.55. The van der Waals surface area contributed by atoms with Crippen LogP contribution < -0.4 is 9.47 Å². The summed E-state index contributed by atoms with van der Waals surface area (Å²) in [6, 6.07) is -0.387. The lowest BCUT2D eigenvalue weighted by atomic mass is 10.4. The van der Waals surface area contributed by atoms with Gasteiger partial charge in [-0.25, -0.2) is 0 Å². The monoisotopic (exact) mass is 285 g/mol. The molecule has 1 aromatic heterocycles. The molecule has 0 aliphatic heterocycles. The molecule has 0 unspecified atom stereocenters. The van der Waals surface area contributed by atoms with Crippen molar-refractivity contribution >= 4 is 11.6 Å². The van der Waals surface area contributed by atoms with Crippen molar-refractivity contribution < 1.29 is 22.6 Å². The highest BCUT2D eigenvalue weighted by atomic mass is 35.5. The molecule has 0 amide bonds. The van der Waals surface area contributed by atoms with E-state index in [1.807, 2.05) is 0 Å². The fourth-order valence-electron chi connectivity index (χ4n) is 0.901. The van der Waals surface area contributed by atoms with Gasteiger partial charge < -0.3 is 9.47 Å². The highest BCUT2D eigenvalue weighted by molar-refractivity contribution is 6.28. The zero-order valence-electron chi connectivity index (χ0n) is 9.66. The summed E-state index contributed by atoms with van der Waals surface area (Å²) >= 11 is 5.56. The van der Waals surface area contributed by atoms with Gasteiger partial charge in [-0.05, 0) is 25.4 Å². The number of halogens is 4. The van der Waals surface area contributed by atoms with Crippen LogP contribution >= 0.6 is 11.6 Å². The first-order valence-corrected chi connectivity index (χ1v) is 5.42. The van der Waals surface area contributed by atoms with Crippen LogP contribution in [-0.4, -0.2) is 33.8 Å². The predicted molar refractivity (Wildman–Crippen MR) is 56.8 cm³/mol. The van der Waals surface area contributed by atoms with Crippen molar-refractivity contribution in [3.05, 3.63) is 5.28 Å². The molecule has 0 N–H and O–H groups in total. The summed E-state index contributed by atoms with van der Waals surface area (Å²) in [6.45, 7) is 2.88. The van der Waals surface area contributed by atoms with Gasteiger partial charge in [0, 0.05) is 0 Å². The maximum Gasteiger partial charge on any atom is 0.392 e. The van der Waals surface area contributed by atoms with Crippen LogP contribution in [0.3, 0.4) is 0 Å². The summed E-state index contributed by atoms with van der Waals surface area (Å²) < 4.78 is 45.6. The third-order valence-corrected chi connectivity index (χ3v) is 1.69. The molecule has 0 bridgehead atoms. The fourth-order valence-corrected chi connectivity index (χ4v) is 1.05. The molecule has 1 aromatic rings. The van der Waals surface area contributed by atoms with Crippen molar-refractivity contribution in [2.45, 2.75) is 32.5 Å². The summed E-state index contributed by atoms with van der Waals surface area (Å²) in [5.41, 5.74) is 0. The molecule has 0 aromatic carbocycles. The number of hydrogen-bond acceptors (Lipinski definition) is 5. The van der Waals surface area contributed by atoms with Gasteiger partial charge in [-0.2, -0.15) is 23.1 Å². The first-order valence-electron chi connectivity index (χ1n) is 5.04. The van der Waals surface area contributed by atoms with E-state index >= 15 is 0 Å². The summed E-state index contributed by atoms with van der Waals surface area (Å²) in [4.78, 5) is 10.9.